The fraction of sp³-hybridized carbons (Fsp3) is 0.650. The topological polar surface area (TPSA) is 61.4 Å². The molecule has 1 unspecified atom stereocenters. The Bertz CT molecular complexity index is 573. The molecule has 152 valence electrons. The van der Waals surface area contributed by atoms with Gasteiger partial charge in [0.15, 0.2) is 5.96 Å². The number of nitrogens with one attached hydrogen (secondary N) is 2. The lowest BCUT2D eigenvalue weighted by molar-refractivity contribution is 0.0389. The predicted molar refractivity (Wildman–Crippen MR) is 111 cm³/mol. The average molecular weight is 378 g/mol. The number of hydrogen-bond acceptors (Lipinski definition) is 5. The molecule has 1 aromatic carbocycles. The first-order valence-electron chi connectivity index (χ1n) is 9.77. The van der Waals surface area contributed by atoms with E-state index in [1.807, 2.05) is 18.2 Å². The van der Waals surface area contributed by atoms with Crippen molar-refractivity contribution >= 4 is 5.96 Å². The molecule has 1 heterocycles. The van der Waals surface area contributed by atoms with Crippen LogP contribution >= 0.6 is 0 Å². The molecule has 0 aromatic heterocycles. The smallest absolute Gasteiger partial charge is 0.191 e. The summed E-state index contributed by atoms with van der Waals surface area (Å²) in [6, 6.07) is 8.30. The number of aliphatic imine (C=N–C) groups is 1. The molecule has 0 aliphatic carbocycles. The Balaban J connectivity index is 1.97. The van der Waals surface area contributed by atoms with E-state index in [9.17, 15) is 0 Å². The van der Waals surface area contributed by atoms with Crippen molar-refractivity contribution < 1.29 is 9.47 Å². The molecule has 0 spiro atoms. The number of rotatable bonds is 9. The van der Waals surface area contributed by atoms with Crippen molar-refractivity contribution in [2.45, 2.75) is 13.0 Å². The van der Waals surface area contributed by atoms with Gasteiger partial charge < -0.3 is 25.0 Å². The minimum atomic E-state index is 0.149. The molecule has 0 amide bonds. The van der Waals surface area contributed by atoms with Gasteiger partial charge in [0.25, 0.3) is 0 Å². The van der Waals surface area contributed by atoms with Crippen molar-refractivity contribution in [3.8, 4) is 5.75 Å². The van der Waals surface area contributed by atoms with Gasteiger partial charge in [0.05, 0.1) is 32.9 Å². The van der Waals surface area contributed by atoms with E-state index in [1.165, 1.54) is 0 Å². The van der Waals surface area contributed by atoms with Crippen molar-refractivity contribution in [1.82, 2.24) is 20.4 Å². The summed E-state index contributed by atoms with van der Waals surface area (Å²) >= 11 is 0. The SMILES string of the molecule is CCNC(=NCC(c1ccccc1OC)N(C)C)NCCN1CCOCC1. The van der Waals surface area contributed by atoms with E-state index in [1.54, 1.807) is 7.11 Å². The lowest BCUT2D eigenvalue weighted by Gasteiger charge is -2.27. The number of ether oxygens (including phenoxy) is 2. The van der Waals surface area contributed by atoms with Crippen LogP contribution in [0.2, 0.25) is 0 Å². The van der Waals surface area contributed by atoms with E-state index < -0.39 is 0 Å². The first kappa shape index (κ1) is 21.5. The number of para-hydroxylation sites is 1. The number of nitrogens with zero attached hydrogens (tertiary/aromatic N) is 3. The molecule has 0 saturated carbocycles. The first-order valence-corrected chi connectivity index (χ1v) is 9.77. The minimum Gasteiger partial charge on any atom is -0.496 e. The lowest BCUT2D eigenvalue weighted by atomic mass is 10.0. The van der Waals surface area contributed by atoms with Crippen LogP contribution in [0.3, 0.4) is 0 Å². The van der Waals surface area contributed by atoms with Crippen LogP contribution in [0.4, 0.5) is 0 Å². The summed E-state index contributed by atoms with van der Waals surface area (Å²) in [6.07, 6.45) is 0. The van der Waals surface area contributed by atoms with Gasteiger partial charge in [-0.2, -0.15) is 0 Å². The van der Waals surface area contributed by atoms with Gasteiger partial charge in [-0.1, -0.05) is 18.2 Å². The van der Waals surface area contributed by atoms with E-state index in [0.717, 1.165) is 63.2 Å². The average Bonchev–Trinajstić information content (AvgIpc) is 2.69. The number of hydrogen-bond donors (Lipinski definition) is 2. The van der Waals surface area contributed by atoms with Gasteiger partial charge in [-0.3, -0.25) is 9.89 Å². The molecule has 1 saturated heterocycles. The molecule has 1 aromatic rings. The Morgan fingerprint density at radius 3 is 2.67 bits per heavy atom. The second kappa shape index (κ2) is 11.8. The highest BCUT2D eigenvalue weighted by Gasteiger charge is 2.18. The Morgan fingerprint density at radius 2 is 2.00 bits per heavy atom. The minimum absolute atomic E-state index is 0.149. The zero-order chi connectivity index (χ0) is 19.5. The maximum atomic E-state index is 5.54. The third kappa shape index (κ3) is 7.01. The van der Waals surface area contributed by atoms with Gasteiger partial charge in [-0.15, -0.1) is 0 Å². The molecule has 1 atom stereocenters. The van der Waals surface area contributed by atoms with E-state index >= 15 is 0 Å². The van der Waals surface area contributed by atoms with Crippen LogP contribution < -0.4 is 15.4 Å². The van der Waals surface area contributed by atoms with Crippen LogP contribution in [0.5, 0.6) is 5.75 Å². The van der Waals surface area contributed by atoms with Gasteiger partial charge in [0.1, 0.15) is 5.75 Å². The molecule has 1 fully saturated rings. The summed E-state index contributed by atoms with van der Waals surface area (Å²) in [7, 11) is 5.86. The van der Waals surface area contributed by atoms with E-state index in [0.29, 0.717) is 6.54 Å². The molecule has 1 aliphatic rings. The lowest BCUT2D eigenvalue weighted by Crippen LogP contribution is -2.44. The van der Waals surface area contributed by atoms with Gasteiger partial charge >= 0.3 is 0 Å². The summed E-state index contributed by atoms with van der Waals surface area (Å²) < 4.78 is 10.9. The molecule has 27 heavy (non-hydrogen) atoms. The van der Waals surface area contributed by atoms with Gasteiger partial charge in [-0.05, 0) is 27.1 Å². The molecule has 0 bridgehead atoms. The molecular weight excluding hydrogens is 342 g/mol. The highest BCUT2D eigenvalue weighted by atomic mass is 16.5. The Kier molecular flexibility index (Phi) is 9.38. The molecule has 2 N–H and O–H groups in total. The normalized spacial score (nSPS) is 17.0. The van der Waals surface area contributed by atoms with Gasteiger partial charge in [-0.25, -0.2) is 0 Å². The summed E-state index contributed by atoms with van der Waals surface area (Å²) in [4.78, 5) is 9.42. The zero-order valence-electron chi connectivity index (χ0n) is 17.2. The summed E-state index contributed by atoms with van der Waals surface area (Å²) in [6.45, 7) is 9.12. The van der Waals surface area contributed by atoms with Crippen LogP contribution in [-0.2, 0) is 4.74 Å². The highest BCUT2D eigenvalue weighted by Crippen LogP contribution is 2.28. The molecule has 1 aliphatic heterocycles. The Hall–Kier alpha value is -1.83. The largest absolute Gasteiger partial charge is 0.496 e. The second-order valence-electron chi connectivity index (χ2n) is 6.82. The van der Waals surface area contributed by atoms with Crippen molar-refractivity contribution in [3.05, 3.63) is 29.8 Å². The van der Waals surface area contributed by atoms with Crippen LogP contribution in [0.15, 0.2) is 29.3 Å². The number of morpholine rings is 1. The standard InChI is InChI=1S/C20H35N5O2/c1-5-21-20(22-10-11-25-12-14-27-15-13-25)23-16-18(24(2)3)17-8-6-7-9-19(17)26-4/h6-9,18H,5,10-16H2,1-4H3,(H2,21,22,23). The van der Waals surface area contributed by atoms with Crippen molar-refractivity contribution in [2.24, 2.45) is 4.99 Å². The van der Waals surface area contributed by atoms with Crippen LogP contribution in [0.1, 0.15) is 18.5 Å². The van der Waals surface area contributed by atoms with E-state index in [4.69, 9.17) is 14.5 Å². The monoisotopic (exact) mass is 377 g/mol. The predicted octanol–water partition coefficient (Wildman–Crippen LogP) is 1.19. The quantitative estimate of drug-likeness (QED) is 0.498. The van der Waals surface area contributed by atoms with Crippen LogP contribution in [0.25, 0.3) is 0 Å². The van der Waals surface area contributed by atoms with E-state index in [-0.39, 0.29) is 6.04 Å². The fourth-order valence-electron chi connectivity index (χ4n) is 3.16. The number of guanidine groups is 1. The second-order valence-corrected chi connectivity index (χ2v) is 6.82. The van der Waals surface area contributed by atoms with Crippen LogP contribution in [-0.4, -0.2) is 89.4 Å². The maximum absolute atomic E-state index is 5.54. The zero-order valence-corrected chi connectivity index (χ0v) is 17.2. The third-order valence-corrected chi connectivity index (χ3v) is 4.71. The third-order valence-electron chi connectivity index (χ3n) is 4.71. The van der Waals surface area contributed by atoms with E-state index in [2.05, 4.69) is 47.5 Å². The molecule has 7 nitrogen and oxygen atoms in total. The van der Waals surface area contributed by atoms with Crippen molar-refractivity contribution in [1.29, 1.82) is 0 Å². The van der Waals surface area contributed by atoms with Crippen LogP contribution in [0, 0.1) is 0 Å². The fourth-order valence-corrected chi connectivity index (χ4v) is 3.16. The summed E-state index contributed by atoms with van der Waals surface area (Å²) in [5.74, 6) is 1.75. The van der Waals surface area contributed by atoms with Crippen molar-refractivity contribution in [3.63, 3.8) is 0 Å². The molecular formula is C20H35N5O2. The number of likely N-dealkylation sites (N-methyl/N-ethyl adjacent to an activating group) is 1. The molecule has 0 radical (unpaired) electrons. The molecule has 2 rings (SSSR count). The highest BCUT2D eigenvalue weighted by molar-refractivity contribution is 5.79. The van der Waals surface area contributed by atoms with Gasteiger partial charge in [0, 0.05) is 38.3 Å². The van der Waals surface area contributed by atoms with Gasteiger partial charge in [0.2, 0.25) is 0 Å². The first-order chi connectivity index (χ1) is 13.2. The number of benzene rings is 1. The maximum Gasteiger partial charge on any atom is 0.191 e. The number of methoxy groups -OCH3 is 1. The molecule has 7 heteroatoms. The van der Waals surface area contributed by atoms with Crippen molar-refractivity contribution in [2.75, 3.05) is 73.7 Å². The Morgan fingerprint density at radius 1 is 1.26 bits per heavy atom. The Labute approximate surface area is 163 Å². The summed E-state index contributed by atoms with van der Waals surface area (Å²) in [5, 5.41) is 6.79. The summed E-state index contributed by atoms with van der Waals surface area (Å²) in [5.41, 5.74) is 1.15.